The van der Waals surface area contributed by atoms with Crippen LogP contribution in [0, 0.1) is 19.8 Å². The van der Waals surface area contributed by atoms with Crippen LogP contribution in [0.5, 0.6) is 11.5 Å². The molecule has 46 heavy (non-hydrogen) atoms. The lowest BCUT2D eigenvalue weighted by atomic mass is 10.0. The van der Waals surface area contributed by atoms with Crippen LogP contribution in [0.1, 0.15) is 64.4 Å². The number of aromatic nitrogens is 5. The summed E-state index contributed by atoms with van der Waals surface area (Å²) in [5.74, 6) is 0.428. The number of nitrogens with one attached hydrogen (secondary N) is 2. The minimum absolute atomic E-state index is 0.0775. The molecule has 0 radical (unpaired) electrons. The van der Waals surface area contributed by atoms with Crippen LogP contribution in [0.2, 0.25) is 0 Å². The molecule has 5 rings (SSSR count). The predicted molar refractivity (Wildman–Crippen MR) is 168 cm³/mol. The summed E-state index contributed by atoms with van der Waals surface area (Å²) in [6.45, 7) is 7.87. The number of nitrogens with zero attached hydrogens (tertiary/aromatic N) is 6. The van der Waals surface area contributed by atoms with Gasteiger partial charge < -0.3 is 25.0 Å². The molecule has 3 amide bonds. The number of pyridine rings is 1. The number of carbonyl (C=O) groups is 3. The molecule has 242 valence electrons. The summed E-state index contributed by atoms with van der Waals surface area (Å²) >= 11 is 0. The molecule has 3 aromatic heterocycles. The molecule has 0 unspecified atom stereocenters. The molecule has 0 spiro atoms. The number of fused-ring (bicyclic) bond motifs is 4. The van der Waals surface area contributed by atoms with Gasteiger partial charge in [-0.15, -0.1) is 0 Å². The maximum atomic E-state index is 13.9. The molecule has 1 aliphatic rings. The number of hydrogen-bond acceptors (Lipinski definition) is 9. The van der Waals surface area contributed by atoms with Crippen LogP contribution in [0.3, 0.4) is 0 Å². The molecule has 14 nitrogen and oxygen atoms in total. The molecule has 0 saturated heterocycles. The Bertz CT molecular complexity index is 1830. The molecule has 4 aromatic rings. The summed E-state index contributed by atoms with van der Waals surface area (Å²) in [5, 5.41) is 10.4. The van der Waals surface area contributed by atoms with E-state index in [1.807, 2.05) is 13.8 Å². The molecule has 2 bridgehead atoms. The Hall–Kier alpha value is -5.27. The van der Waals surface area contributed by atoms with Gasteiger partial charge in [-0.25, -0.2) is 14.6 Å². The summed E-state index contributed by atoms with van der Waals surface area (Å²) in [7, 11) is 1.52. The van der Waals surface area contributed by atoms with E-state index in [4.69, 9.17) is 9.47 Å². The summed E-state index contributed by atoms with van der Waals surface area (Å²) in [4.78, 5) is 64.1. The lowest BCUT2D eigenvalue weighted by molar-refractivity contribution is -0.123. The van der Waals surface area contributed by atoms with Crippen molar-refractivity contribution in [3.05, 3.63) is 81.4 Å². The highest BCUT2D eigenvalue weighted by molar-refractivity contribution is 5.96. The Balaban J connectivity index is 1.49. The Kier molecular flexibility index (Phi) is 9.64. The van der Waals surface area contributed by atoms with E-state index in [1.54, 1.807) is 54.9 Å². The van der Waals surface area contributed by atoms with E-state index < -0.39 is 23.4 Å². The van der Waals surface area contributed by atoms with Crippen molar-refractivity contribution in [2.45, 2.75) is 46.7 Å². The zero-order chi connectivity index (χ0) is 33.0. The number of hydrogen-bond donors (Lipinski definition) is 2. The Morgan fingerprint density at radius 3 is 2.67 bits per heavy atom. The molecule has 1 atom stereocenters. The van der Waals surface area contributed by atoms with Crippen molar-refractivity contribution < 1.29 is 23.9 Å². The highest BCUT2D eigenvalue weighted by Gasteiger charge is 2.28. The molecule has 2 N–H and O–H groups in total. The molecule has 4 heterocycles. The zero-order valence-corrected chi connectivity index (χ0v) is 26.6. The first kappa shape index (κ1) is 32.1. The van der Waals surface area contributed by atoms with Crippen LogP contribution in [-0.2, 0) is 11.3 Å². The molecule has 14 heteroatoms. The van der Waals surface area contributed by atoms with E-state index in [0.29, 0.717) is 53.0 Å². The summed E-state index contributed by atoms with van der Waals surface area (Å²) in [6.07, 6.45) is 1.56. The standard InChI is InChI=1S/C32H38N8O6/c1-19(2)28-29-35-21(4)37-39(29)14-15-46-25-16-22(10-11-24(25)45-5)30(42)33-12-7-13-38(18-27(41)36-28)31(43)23-17-34-26-9-6-8-20(3)40(26)32(23)44/h6,8-11,16-17,19,28H,7,12-15,18H2,1-5H3,(H,33,42)(H,36,41)/t28-/m0/s1. The van der Waals surface area contributed by atoms with E-state index in [9.17, 15) is 19.2 Å². The quantitative estimate of drug-likeness (QED) is 0.345. The van der Waals surface area contributed by atoms with E-state index in [1.165, 1.54) is 22.6 Å². The van der Waals surface area contributed by atoms with Gasteiger partial charge in [0, 0.05) is 30.5 Å². The number of carbonyl (C=O) groups excluding carboxylic acids is 3. The SMILES string of the molecule is COc1ccc2cc1OCCn1nc(C)nc1[C@H](C(C)C)NC(=O)CN(C(=O)c1cnc3cccc(C)n3c1=O)CCCNC2=O. The second kappa shape index (κ2) is 13.8. The maximum Gasteiger partial charge on any atom is 0.270 e. The highest BCUT2D eigenvalue weighted by Crippen LogP contribution is 2.28. The van der Waals surface area contributed by atoms with Crippen LogP contribution in [0.4, 0.5) is 0 Å². The smallest absolute Gasteiger partial charge is 0.270 e. The fraction of sp³-hybridized carbons (Fsp3) is 0.406. The van der Waals surface area contributed by atoms with Gasteiger partial charge in [-0.1, -0.05) is 19.9 Å². The number of aryl methyl sites for hydroxylation is 2. The van der Waals surface area contributed by atoms with Crippen molar-refractivity contribution in [2.24, 2.45) is 5.92 Å². The van der Waals surface area contributed by atoms with Gasteiger partial charge in [-0.2, -0.15) is 5.10 Å². The fourth-order valence-corrected chi connectivity index (χ4v) is 5.38. The molecule has 1 aliphatic heterocycles. The van der Waals surface area contributed by atoms with Gasteiger partial charge in [0.2, 0.25) is 5.91 Å². The molecular weight excluding hydrogens is 592 g/mol. The third-order valence-electron chi connectivity index (χ3n) is 7.72. The van der Waals surface area contributed by atoms with Crippen molar-refractivity contribution in [2.75, 3.05) is 33.4 Å². The monoisotopic (exact) mass is 630 g/mol. The lowest BCUT2D eigenvalue weighted by Crippen LogP contribution is -2.45. The van der Waals surface area contributed by atoms with Crippen LogP contribution in [0.15, 0.2) is 47.4 Å². The second-order valence-electron chi connectivity index (χ2n) is 11.4. The number of rotatable bonds is 3. The van der Waals surface area contributed by atoms with Crippen LogP contribution >= 0.6 is 0 Å². The Morgan fingerprint density at radius 2 is 1.91 bits per heavy atom. The van der Waals surface area contributed by atoms with Crippen molar-refractivity contribution in [3.63, 3.8) is 0 Å². The van der Waals surface area contributed by atoms with Crippen molar-refractivity contribution in [3.8, 4) is 11.5 Å². The van der Waals surface area contributed by atoms with Gasteiger partial charge in [0.15, 0.2) is 11.5 Å². The number of benzene rings is 1. The van der Waals surface area contributed by atoms with Crippen molar-refractivity contribution in [1.82, 2.24) is 39.7 Å². The van der Waals surface area contributed by atoms with Crippen LogP contribution in [-0.4, -0.2) is 80.1 Å². The van der Waals surface area contributed by atoms with Gasteiger partial charge in [0.25, 0.3) is 17.4 Å². The normalized spacial score (nSPS) is 16.6. The van der Waals surface area contributed by atoms with Gasteiger partial charge >= 0.3 is 0 Å². The number of amides is 3. The van der Waals surface area contributed by atoms with Crippen molar-refractivity contribution in [1.29, 1.82) is 0 Å². The fourth-order valence-electron chi connectivity index (χ4n) is 5.38. The minimum atomic E-state index is -0.636. The molecule has 0 fully saturated rings. The highest BCUT2D eigenvalue weighted by atomic mass is 16.5. The zero-order valence-electron chi connectivity index (χ0n) is 26.6. The van der Waals surface area contributed by atoms with E-state index in [-0.39, 0.29) is 43.6 Å². The maximum absolute atomic E-state index is 13.9. The van der Waals surface area contributed by atoms with E-state index >= 15 is 0 Å². The van der Waals surface area contributed by atoms with Gasteiger partial charge in [-0.3, -0.25) is 23.6 Å². The van der Waals surface area contributed by atoms with Gasteiger partial charge in [0.1, 0.15) is 29.5 Å². The third-order valence-corrected chi connectivity index (χ3v) is 7.72. The van der Waals surface area contributed by atoms with Crippen LogP contribution < -0.4 is 25.7 Å². The number of ether oxygens (including phenoxy) is 2. The number of methoxy groups -OCH3 is 1. The van der Waals surface area contributed by atoms with Crippen LogP contribution in [0.25, 0.3) is 5.65 Å². The first-order valence-electron chi connectivity index (χ1n) is 15.1. The van der Waals surface area contributed by atoms with Crippen molar-refractivity contribution >= 4 is 23.4 Å². The third kappa shape index (κ3) is 6.85. The topological polar surface area (TPSA) is 162 Å². The minimum Gasteiger partial charge on any atom is -0.493 e. The summed E-state index contributed by atoms with van der Waals surface area (Å²) in [6, 6.07) is 9.59. The predicted octanol–water partition coefficient (Wildman–Crippen LogP) is 2.08. The molecule has 0 aliphatic carbocycles. The first-order valence-corrected chi connectivity index (χ1v) is 15.1. The second-order valence-corrected chi connectivity index (χ2v) is 11.4. The first-order chi connectivity index (χ1) is 22.1. The average molecular weight is 631 g/mol. The molecule has 1 aromatic carbocycles. The van der Waals surface area contributed by atoms with Gasteiger partial charge in [0.05, 0.1) is 26.2 Å². The van der Waals surface area contributed by atoms with Gasteiger partial charge in [-0.05, 0) is 56.5 Å². The molecular formula is C32H38N8O6. The van der Waals surface area contributed by atoms with E-state index in [2.05, 4.69) is 25.7 Å². The summed E-state index contributed by atoms with van der Waals surface area (Å²) < 4.78 is 14.5. The lowest BCUT2D eigenvalue weighted by Gasteiger charge is -2.26. The Labute approximate surface area is 265 Å². The van der Waals surface area contributed by atoms with E-state index in [0.717, 1.165) is 0 Å². The summed E-state index contributed by atoms with van der Waals surface area (Å²) in [5.41, 5.74) is 0.714. The largest absolute Gasteiger partial charge is 0.493 e. The molecule has 0 saturated carbocycles. The Morgan fingerprint density at radius 1 is 1.11 bits per heavy atom. The average Bonchev–Trinajstić information content (AvgIpc) is 3.39.